The zero-order valence-corrected chi connectivity index (χ0v) is 11.9. The highest BCUT2D eigenvalue weighted by molar-refractivity contribution is 7.80. The fraction of sp³-hybridized carbons (Fsp3) is 0.429. The van der Waals surface area contributed by atoms with Crippen molar-refractivity contribution >= 4 is 28.8 Å². The first-order valence-corrected chi connectivity index (χ1v) is 6.34. The van der Waals surface area contributed by atoms with Crippen LogP contribution in [0.4, 0.5) is 5.69 Å². The zero-order valence-electron chi connectivity index (χ0n) is 11.1. The van der Waals surface area contributed by atoms with E-state index >= 15 is 0 Å². The number of thiocarbonyl (C=S) groups is 1. The summed E-state index contributed by atoms with van der Waals surface area (Å²) in [5.41, 5.74) is 7.32. The summed E-state index contributed by atoms with van der Waals surface area (Å²) in [6.45, 7) is 6.12. The number of amides is 1. The van der Waals surface area contributed by atoms with Crippen molar-refractivity contribution in [3.05, 3.63) is 29.8 Å². The van der Waals surface area contributed by atoms with E-state index in [-0.39, 0.29) is 11.3 Å². The number of hydrogen-bond acceptors (Lipinski definition) is 2. The predicted octanol–water partition coefficient (Wildman–Crippen LogP) is 2.89. The molecule has 0 atom stereocenters. The molecule has 1 amide bonds. The first kappa shape index (κ1) is 14.6. The van der Waals surface area contributed by atoms with Crippen LogP contribution in [0.3, 0.4) is 0 Å². The van der Waals surface area contributed by atoms with Crippen molar-refractivity contribution in [1.29, 1.82) is 0 Å². The summed E-state index contributed by atoms with van der Waals surface area (Å²) in [4.78, 5) is 12.2. The van der Waals surface area contributed by atoms with Gasteiger partial charge in [0.2, 0.25) is 5.91 Å². The lowest BCUT2D eigenvalue weighted by Gasteiger charge is -2.17. The van der Waals surface area contributed by atoms with Gasteiger partial charge in [-0.2, -0.15) is 0 Å². The Morgan fingerprint density at radius 1 is 1.28 bits per heavy atom. The van der Waals surface area contributed by atoms with Crippen molar-refractivity contribution in [3.63, 3.8) is 0 Å². The van der Waals surface area contributed by atoms with Crippen LogP contribution in [0, 0.1) is 5.41 Å². The minimum Gasteiger partial charge on any atom is -0.393 e. The maximum atomic E-state index is 11.7. The summed E-state index contributed by atoms with van der Waals surface area (Å²) in [5, 5.41) is 2.88. The molecule has 0 heterocycles. The zero-order chi connectivity index (χ0) is 13.8. The Morgan fingerprint density at radius 2 is 1.83 bits per heavy atom. The molecule has 0 bridgehead atoms. The number of hydrogen-bond donors (Lipinski definition) is 2. The second-order valence-electron chi connectivity index (χ2n) is 5.63. The number of anilines is 1. The van der Waals surface area contributed by atoms with E-state index in [0.717, 1.165) is 11.3 Å². The molecule has 0 spiro atoms. The third-order valence-corrected chi connectivity index (χ3v) is 2.45. The lowest BCUT2D eigenvalue weighted by atomic mass is 9.92. The SMILES string of the molecule is CC(C)(C)CC(=O)Nc1ccc(CC(N)=S)cc1. The largest absolute Gasteiger partial charge is 0.393 e. The highest BCUT2D eigenvalue weighted by Crippen LogP contribution is 2.19. The molecule has 18 heavy (non-hydrogen) atoms. The topological polar surface area (TPSA) is 55.1 Å². The van der Waals surface area contributed by atoms with Crippen LogP contribution in [-0.4, -0.2) is 10.9 Å². The Labute approximate surface area is 114 Å². The Balaban J connectivity index is 2.58. The Morgan fingerprint density at radius 3 is 2.28 bits per heavy atom. The summed E-state index contributed by atoms with van der Waals surface area (Å²) in [5.74, 6) is 0.0320. The third kappa shape index (κ3) is 5.77. The van der Waals surface area contributed by atoms with Gasteiger partial charge in [-0.3, -0.25) is 4.79 Å². The summed E-state index contributed by atoms with van der Waals surface area (Å²) < 4.78 is 0. The first-order chi connectivity index (χ1) is 8.26. The number of nitrogens with two attached hydrogens (primary N) is 1. The smallest absolute Gasteiger partial charge is 0.224 e. The van der Waals surface area contributed by atoms with Gasteiger partial charge in [-0.05, 0) is 23.1 Å². The molecular weight excluding hydrogens is 244 g/mol. The van der Waals surface area contributed by atoms with Crippen molar-refractivity contribution < 1.29 is 4.79 Å². The summed E-state index contributed by atoms with van der Waals surface area (Å²) >= 11 is 4.85. The fourth-order valence-corrected chi connectivity index (χ4v) is 1.76. The standard InChI is InChI=1S/C14H20N2OS/c1-14(2,3)9-13(17)16-11-6-4-10(5-7-11)8-12(15)18/h4-7H,8-9H2,1-3H3,(H2,15,18)(H,16,17). The van der Waals surface area contributed by atoms with Gasteiger partial charge in [0.1, 0.15) is 0 Å². The van der Waals surface area contributed by atoms with Gasteiger partial charge in [-0.1, -0.05) is 45.1 Å². The van der Waals surface area contributed by atoms with Gasteiger partial charge in [0.15, 0.2) is 0 Å². The molecule has 0 radical (unpaired) electrons. The molecule has 0 saturated carbocycles. The minimum absolute atomic E-state index is 0.00421. The van der Waals surface area contributed by atoms with Crippen molar-refractivity contribution in [1.82, 2.24) is 0 Å². The maximum Gasteiger partial charge on any atom is 0.224 e. The number of carbonyl (C=O) groups excluding carboxylic acids is 1. The van der Waals surface area contributed by atoms with Crippen molar-refractivity contribution in [2.45, 2.75) is 33.6 Å². The number of rotatable bonds is 4. The van der Waals surface area contributed by atoms with Crippen LogP contribution in [0.15, 0.2) is 24.3 Å². The Bertz CT molecular complexity index is 432. The van der Waals surface area contributed by atoms with E-state index in [1.54, 1.807) is 0 Å². The van der Waals surface area contributed by atoms with Gasteiger partial charge in [0.25, 0.3) is 0 Å². The van der Waals surface area contributed by atoms with E-state index in [1.165, 1.54) is 0 Å². The normalized spacial score (nSPS) is 11.1. The van der Waals surface area contributed by atoms with E-state index in [1.807, 2.05) is 45.0 Å². The number of carbonyl (C=O) groups is 1. The van der Waals surface area contributed by atoms with Crippen LogP contribution in [0.5, 0.6) is 0 Å². The maximum absolute atomic E-state index is 11.7. The molecule has 1 rings (SSSR count). The molecule has 0 saturated heterocycles. The average molecular weight is 264 g/mol. The Kier molecular flexibility index (Phi) is 4.84. The van der Waals surface area contributed by atoms with Crippen molar-refractivity contribution in [2.24, 2.45) is 11.1 Å². The molecule has 3 nitrogen and oxygen atoms in total. The molecule has 0 aliphatic heterocycles. The molecule has 1 aromatic carbocycles. The molecule has 1 aromatic rings. The average Bonchev–Trinajstić information content (AvgIpc) is 2.17. The van der Waals surface area contributed by atoms with E-state index in [4.69, 9.17) is 18.0 Å². The van der Waals surface area contributed by atoms with Gasteiger partial charge in [0, 0.05) is 18.5 Å². The van der Waals surface area contributed by atoms with E-state index < -0.39 is 0 Å². The molecule has 0 fully saturated rings. The lowest BCUT2D eigenvalue weighted by molar-refractivity contribution is -0.117. The lowest BCUT2D eigenvalue weighted by Crippen LogP contribution is -2.19. The quantitative estimate of drug-likeness (QED) is 0.822. The summed E-state index contributed by atoms with van der Waals surface area (Å²) in [6.07, 6.45) is 1.09. The number of benzene rings is 1. The second-order valence-corrected chi connectivity index (χ2v) is 6.15. The van der Waals surface area contributed by atoms with Gasteiger partial charge < -0.3 is 11.1 Å². The monoisotopic (exact) mass is 264 g/mol. The minimum atomic E-state index is -0.00421. The molecule has 0 aliphatic carbocycles. The fourth-order valence-electron chi connectivity index (χ4n) is 1.59. The molecule has 3 N–H and O–H groups in total. The molecule has 0 aromatic heterocycles. The van der Waals surface area contributed by atoms with E-state index in [0.29, 0.717) is 17.8 Å². The van der Waals surface area contributed by atoms with Crippen molar-refractivity contribution in [3.8, 4) is 0 Å². The third-order valence-electron chi connectivity index (χ3n) is 2.31. The van der Waals surface area contributed by atoms with Crippen molar-refractivity contribution in [2.75, 3.05) is 5.32 Å². The van der Waals surface area contributed by atoms with Crippen LogP contribution < -0.4 is 11.1 Å². The Hall–Kier alpha value is -1.42. The highest BCUT2D eigenvalue weighted by atomic mass is 32.1. The van der Waals surface area contributed by atoms with E-state index in [9.17, 15) is 4.79 Å². The molecule has 4 heteroatoms. The van der Waals surface area contributed by atoms with Gasteiger partial charge in [-0.25, -0.2) is 0 Å². The van der Waals surface area contributed by atoms with Crippen LogP contribution in [0.25, 0.3) is 0 Å². The van der Waals surface area contributed by atoms with E-state index in [2.05, 4.69) is 5.32 Å². The summed E-state index contributed by atoms with van der Waals surface area (Å²) in [7, 11) is 0. The predicted molar refractivity (Wildman–Crippen MR) is 79.6 cm³/mol. The van der Waals surface area contributed by atoms with Crippen LogP contribution >= 0.6 is 12.2 Å². The highest BCUT2D eigenvalue weighted by Gasteiger charge is 2.15. The van der Waals surface area contributed by atoms with Gasteiger partial charge in [0.05, 0.1) is 4.99 Å². The van der Waals surface area contributed by atoms with Crippen LogP contribution in [0.1, 0.15) is 32.8 Å². The second kappa shape index (κ2) is 5.96. The van der Waals surface area contributed by atoms with Gasteiger partial charge >= 0.3 is 0 Å². The molecule has 0 aliphatic rings. The molecule has 98 valence electrons. The van der Waals surface area contributed by atoms with Crippen LogP contribution in [-0.2, 0) is 11.2 Å². The van der Waals surface area contributed by atoms with Gasteiger partial charge in [-0.15, -0.1) is 0 Å². The first-order valence-electron chi connectivity index (χ1n) is 5.93. The number of nitrogens with one attached hydrogen (secondary N) is 1. The summed E-state index contributed by atoms with van der Waals surface area (Å²) in [6, 6.07) is 7.58. The van der Waals surface area contributed by atoms with Crippen LogP contribution in [0.2, 0.25) is 0 Å². The molecule has 0 unspecified atom stereocenters. The molecular formula is C14H20N2OS.